The number of ether oxygens (including phenoxy) is 1. The smallest absolute Gasteiger partial charge is 0.272 e. The highest BCUT2D eigenvalue weighted by Gasteiger charge is 2.24. The van der Waals surface area contributed by atoms with Crippen molar-refractivity contribution in [3.8, 4) is 11.4 Å². The maximum absolute atomic E-state index is 14.2. The second-order valence-electron chi connectivity index (χ2n) is 8.20. The lowest BCUT2D eigenvalue weighted by molar-refractivity contribution is 0.0735. The zero-order valence-electron chi connectivity index (χ0n) is 18.8. The number of hydrogen-bond acceptors (Lipinski definition) is 7. The fourth-order valence-corrected chi connectivity index (χ4v) is 4.80. The minimum atomic E-state index is -3.51. The Kier molecular flexibility index (Phi) is 5.97. The maximum atomic E-state index is 14.2. The third-order valence-electron chi connectivity index (χ3n) is 5.89. The van der Waals surface area contributed by atoms with Gasteiger partial charge in [0.2, 0.25) is 0 Å². The highest BCUT2D eigenvalue weighted by Crippen LogP contribution is 2.30. The van der Waals surface area contributed by atoms with Gasteiger partial charge >= 0.3 is 0 Å². The number of pyridine rings is 2. The second-order valence-corrected chi connectivity index (χ2v) is 10.5. The van der Waals surface area contributed by atoms with E-state index < -0.39 is 27.3 Å². The Morgan fingerprint density at radius 3 is 2.77 bits per heavy atom. The van der Waals surface area contributed by atoms with Crippen LogP contribution >= 0.6 is 0 Å². The topological polar surface area (TPSA) is 112 Å². The van der Waals surface area contributed by atoms with Gasteiger partial charge in [0, 0.05) is 49.3 Å². The summed E-state index contributed by atoms with van der Waals surface area (Å²) in [5, 5.41) is 4.86. The molecule has 0 aromatic carbocycles. The van der Waals surface area contributed by atoms with Gasteiger partial charge in [-0.3, -0.25) is 14.2 Å². The average Bonchev–Trinajstić information content (AvgIpc) is 3.27. The molecule has 4 aromatic heterocycles. The molecule has 1 amide bonds. The monoisotopic (exact) mass is 504 g/mol. The Balaban J connectivity index is 1.66. The first kappa shape index (κ1) is 23.3. The van der Waals surface area contributed by atoms with Crippen molar-refractivity contribution in [2.45, 2.75) is 19.2 Å². The Bertz CT molecular complexity index is 1540. The summed E-state index contributed by atoms with van der Waals surface area (Å²) < 4.78 is 60.9. The molecule has 0 unspecified atom stereocenters. The van der Waals surface area contributed by atoms with Crippen LogP contribution in [0.1, 0.15) is 23.8 Å². The number of halogens is 2. The number of rotatable bonds is 5. The van der Waals surface area contributed by atoms with E-state index >= 15 is 0 Å². The quantitative estimate of drug-likeness (QED) is 0.410. The SMILES string of the molecule is CCS(=O)(=O)Cn1nc(-c2cnc3c(F)cc(F)cn23)c2cnc(C(=O)N3CCCOCC3)cc21. The molecule has 4 aromatic rings. The molecule has 0 N–H and O–H groups in total. The molecule has 10 nitrogen and oxygen atoms in total. The molecule has 0 aliphatic carbocycles. The van der Waals surface area contributed by atoms with Crippen LogP contribution in [0.5, 0.6) is 0 Å². The van der Waals surface area contributed by atoms with Gasteiger partial charge in [-0.1, -0.05) is 6.92 Å². The van der Waals surface area contributed by atoms with Gasteiger partial charge in [-0.15, -0.1) is 0 Å². The van der Waals surface area contributed by atoms with Crippen molar-refractivity contribution in [3.63, 3.8) is 0 Å². The third kappa shape index (κ3) is 4.36. The van der Waals surface area contributed by atoms with E-state index in [9.17, 15) is 22.0 Å². The molecule has 184 valence electrons. The molecule has 5 rings (SSSR count). The minimum absolute atomic E-state index is 0.103. The molecule has 35 heavy (non-hydrogen) atoms. The van der Waals surface area contributed by atoms with Crippen LogP contribution in [0.25, 0.3) is 27.9 Å². The fourth-order valence-electron chi connectivity index (χ4n) is 4.05. The van der Waals surface area contributed by atoms with Crippen molar-refractivity contribution in [2.75, 3.05) is 32.1 Å². The highest BCUT2D eigenvalue weighted by atomic mass is 32.2. The van der Waals surface area contributed by atoms with E-state index in [1.54, 1.807) is 4.90 Å². The number of nitrogens with zero attached hydrogens (tertiary/aromatic N) is 6. The molecule has 0 bridgehead atoms. The minimum Gasteiger partial charge on any atom is -0.380 e. The van der Waals surface area contributed by atoms with Crippen LogP contribution in [-0.2, 0) is 20.5 Å². The van der Waals surface area contributed by atoms with E-state index in [1.807, 2.05) is 0 Å². The Morgan fingerprint density at radius 2 is 1.97 bits per heavy atom. The molecule has 1 aliphatic heterocycles. The van der Waals surface area contributed by atoms with Gasteiger partial charge in [-0.25, -0.2) is 26.9 Å². The van der Waals surface area contributed by atoms with Crippen LogP contribution in [0.15, 0.2) is 30.7 Å². The first-order valence-corrected chi connectivity index (χ1v) is 12.9. The van der Waals surface area contributed by atoms with Crippen molar-refractivity contribution in [2.24, 2.45) is 0 Å². The summed E-state index contributed by atoms with van der Waals surface area (Å²) in [6.07, 6.45) is 4.52. The Morgan fingerprint density at radius 1 is 1.14 bits per heavy atom. The van der Waals surface area contributed by atoms with Gasteiger partial charge in [0.25, 0.3) is 5.91 Å². The normalized spacial score (nSPS) is 15.1. The van der Waals surface area contributed by atoms with Crippen molar-refractivity contribution < 1.29 is 26.7 Å². The summed E-state index contributed by atoms with van der Waals surface area (Å²) >= 11 is 0. The van der Waals surface area contributed by atoms with Crippen LogP contribution in [0.4, 0.5) is 8.78 Å². The van der Waals surface area contributed by atoms with Crippen LogP contribution in [0, 0.1) is 11.6 Å². The molecule has 5 heterocycles. The van der Waals surface area contributed by atoms with Gasteiger partial charge in [0.15, 0.2) is 21.3 Å². The Labute approximate surface area is 199 Å². The highest BCUT2D eigenvalue weighted by molar-refractivity contribution is 7.90. The molecular formula is C22H22F2N6O4S. The summed E-state index contributed by atoms with van der Waals surface area (Å²) in [5.41, 5.74) is 0.873. The van der Waals surface area contributed by atoms with Crippen LogP contribution < -0.4 is 0 Å². The second kappa shape index (κ2) is 8.96. The Hall–Kier alpha value is -3.45. The van der Waals surface area contributed by atoms with Crippen LogP contribution in [0.3, 0.4) is 0 Å². The van der Waals surface area contributed by atoms with Gasteiger partial charge in [-0.05, 0) is 12.5 Å². The van der Waals surface area contributed by atoms with E-state index in [-0.39, 0.29) is 34.4 Å². The van der Waals surface area contributed by atoms with Gasteiger partial charge in [-0.2, -0.15) is 5.10 Å². The van der Waals surface area contributed by atoms with E-state index in [2.05, 4.69) is 15.1 Å². The largest absolute Gasteiger partial charge is 0.380 e. The predicted molar refractivity (Wildman–Crippen MR) is 122 cm³/mol. The summed E-state index contributed by atoms with van der Waals surface area (Å²) in [7, 11) is -3.51. The van der Waals surface area contributed by atoms with Crippen molar-refractivity contribution in [1.29, 1.82) is 0 Å². The zero-order valence-corrected chi connectivity index (χ0v) is 19.6. The average molecular weight is 505 g/mol. The number of hydrogen-bond donors (Lipinski definition) is 0. The molecule has 0 saturated carbocycles. The lowest BCUT2D eigenvalue weighted by atomic mass is 10.2. The summed E-state index contributed by atoms with van der Waals surface area (Å²) in [6.45, 7) is 3.46. The number of imidazole rings is 1. The first-order chi connectivity index (χ1) is 16.8. The molecule has 0 radical (unpaired) electrons. The number of sulfone groups is 1. The van der Waals surface area contributed by atoms with Crippen molar-refractivity contribution >= 4 is 32.3 Å². The molecule has 1 fully saturated rings. The lowest BCUT2D eigenvalue weighted by Crippen LogP contribution is -2.33. The molecule has 13 heteroatoms. The van der Waals surface area contributed by atoms with E-state index in [0.29, 0.717) is 43.6 Å². The molecular weight excluding hydrogens is 482 g/mol. The summed E-state index contributed by atoms with van der Waals surface area (Å²) in [6, 6.07) is 2.22. The maximum Gasteiger partial charge on any atom is 0.272 e. The molecule has 0 atom stereocenters. The molecule has 1 aliphatic rings. The van der Waals surface area contributed by atoms with Gasteiger partial charge in [0.05, 0.1) is 24.0 Å². The zero-order chi connectivity index (χ0) is 24.7. The summed E-state index contributed by atoms with van der Waals surface area (Å²) in [4.78, 5) is 23.1. The number of carbonyl (C=O) groups excluding carboxylic acids is 1. The number of amides is 1. The van der Waals surface area contributed by atoms with Crippen molar-refractivity contribution in [3.05, 3.63) is 48.1 Å². The first-order valence-electron chi connectivity index (χ1n) is 11.0. The van der Waals surface area contributed by atoms with Gasteiger partial charge < -0.3 is 9.64 Å². The van der Waals surface area contributed by atoms with E-state index in [0.717, 1.165) is 12.3 Å². The molecule has 0 spiro atoms. The number of carbonyl (C=O) groups is 1. The number of aromatic nitrogens is 5. The number of fused-ring (bicyclic) bond motifs is 2. The summed E-state index contributed by atoms with van der Waals surface area (Å²) in [5.74, 6) is -2.50. The van der Waals surface area contributed by atoms with Crippen molar-refractivity contribution in [1.82, 2.24) is 29.0 Å². The molecule has 1 saturated heterocycles. The van der Waals surface area contributed by atoms with Gasteiger partial charge in [0.1, 0.15) is 23.1 Å². The van der Waals surface area contributed by atoms with E-state index in [4.69, 9.17) is 4.74 Å². The lowest BCUT2D eigenvalue weighted by Gasteiger charge is -2.19. The fraction of sp³-hybridized carbons (Fsp3) is 0.364. The van der Waals surface area contributed by atoms with Crippen LogP contribution in [0.2, 0.25) is 0 Å². The van der Waals surface area contributed by atoms with E-state index in [1.165, 1.54) is 34.5 Å². The van der Waals surface area contributed by atoms with Crippen LogP contribution in [-0.4, -0.2) is 75.4 Å². The third-order valence-corrected chi connectivity index (χ3v) is 7.41. The predicted octanol–water partition coefficient (Wildman–Crippen LogP) is 2.28. The standard InChI is InChI=1S/C22H22F2N6O4S/c1-2-35(32,33)13-30-18-9-17(22(31)28-4-3-6-34-7-5-28)25-10-15(18)20(27-30)19-11-26-21-16(24)8-14(23)12-29(19)21/h8-12H,2-7,13H2,1H3.